The number of nitrogens with two attached hydrogens (primary N) is 2. The van der Waals surface area contributed by atoms with Gasteiger partial charge in [0.1, 0.15) is 0 Å². The van der Waals surface area contributed by atoms with Crippen LogP contribution in [0.25, 0.3) is 0 Å². The van der Waals surface area contributed by atoms with E-state index in [0.717, 1.165) is 111 Å². The summed E-state index contributed by atoms with van der Waals surface area (Å²) >= 11 is 0. The summed E-state index contributed by atoms with van der Waals surface area (Å²) in [4.78, 5) is 184. The Morgan fingerprint density at radius 2 is 0.344 bits per heavy atom. The summed E-state index contributed by atoms with van der Waals surface area (Å²) in [5.41, 5.74) is 16.9. The van der Waals surface area contributed by atoms with Crippen molar-refractivity contribution in [3.63, 3.8) is 0 Å². The zero-order chi connectivity index (χ0) is 90.0. The highest BCUT2D eigenvalue weighted by molar-refractivity contribution is 5.87. The Balaban J connectivity index is 1.92. The van der Waals surface area contributed by atoms with E-state index in [9.17, 15) is 57.5 Å². The van der Waals surface area contributed by atoms with Crippen molar-refractivity contribution in [3.05, 3.63) is 106 Å². The second-order valence-electron chi connectivity index (χ2n) is 33.4. The Labute approximate surface area is 729 Å². The van der Waals surface area contributed by atoms with Gasteiger partial charge in [-0.05, 0) is 221 Å². The Morgan fingerprint density at radius 1 is 0.205 bits per heavy atom. The van der Waals surface area contributed by atoms with Crippen molar-refractivity contribution < 1.29 is 57.5 Å². The molecular formula is C90H154N20O12. The molecule has 0 atom stereocenters. The van der Waals surface area contributed by atoms with Crippen molar-refractivity contribution in [1.82, 2.24) is 90.7 Å². The van der Waals surface area contributed by atoms with Crippen molar-refractivity contribution in [3.8, 4) is 0 Å². The van der Waals surface area contributed by atoms with E-state index in [1.54, 1.807) is 29.4 Å². The van der Waals surface area contributed by atoms with Gasteiger partial charge >= 0.3 is 0 Å². The third kappa shape index (κ3) is 51.8. The number of amides is 12. The molecule has 32 nitrogen and oxygen atoms in total. The number of rotatable bonds is 68. The fourth-order valence-corrected chi connectivity index (χ4v) is 13.4. The number of unbranched alkanes of at least 4 members (excludes halogenated alkanes) is 2. The fraction of sp³-hybridized carbons (Fsp3) is 0.667. The molecule has 0 heterocycles. The lowest BCUT2D eigenvalue weighted by Gasteiger charge is -2.26. The molecule has 0 bridgehead atoms. The maximum absolute atomic E-state index is 14.4. The topological polar surface area (TPSA) is 368 Å². The summed E-state index contributed by atoms with van der Waals surface area (Å²) in [6.07, 6.45) is 6.64. The van der Waals surface area contributed by atoms with Crippen LogP contribution in [-0.4, -0.2) is 345 Å². The van der Waals surface area contributed by atoms with E-state index in [1.165, 1.54) is 0 Å². The molecule has 3 rings (SSSR count). The van der Waals surface area contributed by atoms with Crippen molar-refractivity contribution in [1.29, 1.82) is 0 Å². The lowest BCUT2D eigenvalue weighted by Crippen LogP contribution is -2.36. The van der Waals surface area contributed by atoms with E-state index in [2.05, 4.69) is 31.9 Å². The number of benzene rings is 3. The highest BCUT2D eigenvalue weighted by Crippen LogP contribution is 2.20. The van der Waals surface area contributed by atoms with Crippen LogP contribution in [0, 0.1) is 0 Å². The van der Waals surface area contributed by atoms with Gasteiger partial charge in [-0.15, -0.1) is 0 Å². The molecule has 3 aromatic carbocycles. The van der Waals surface area contributed by atoms with Gasteiger partial charge in [-0.3, -0.25) is 57.5 Å². The molecule has 12 amide bonds. The van der Waals surface area contributed by atoms with E-state index in [-0.39, 0.29) is 200 Å². The van der Waals surface area contributed by atoms with Crippen LogP contribution < -0.4 is 43.4 Å². The molecule has 0 radical (unpaired) electrons. The van der Waals surface area contributed by atoms with Gasteiger partial charge in [-0.1, -0.05) is 72.8 Å². The summed E-state index contributed by atoms with van der Waals surface area (Å²) in [6, 6.07) is 23.0. The number of hydrogen-bond acceptors (Lipinski definition) is 20. The van der Waals surface area contributed by atoms with Crippen LogP contribution in [0.15, 0.2) is 72.8 Å². The maximum Gasteiger partial charge on any atom is 0.223 e. The number of nitrogens with zero attached hydrogens (tertiary/aromatic N) is 12. The van der Waals surface area contributed by atoms with Gasteiger partial charge in [0, 0.05) is 208 Å². The van der Waals surface area contributed by atoms with Crippen LogP contribution in [-0.2, 0) is 96.8 Å². The highest BCUT2D eigenvalue weighted by Gasteiger charge is 2.24. The predicted octanol–water partition coefficient (Wildman–Crippen LogP) is 3.62. The Kier molecular flexibility index (Phi) is 56.1. The van der Waals surface area contributed by atoms with Crippen LogP contribution in [0.5, 0.6) is 0 Å². The number of carbonyl (C=O) groups is 12. The Hall–Kier alpha value is -9.02. The van der Waals surface area contributed by atoms with Crippen molar-refractivity contribution >= 4 is 70.9 Å². The molecule has 686 valence electrons. The van der Waals surface area contributed by atoms with E-state index >= 15 is 0 Å². The normalized spacial score (nSPS) is 11.3. The minimum absolute atomic E-state index is 0.00603. The molecule has 0 saturated carbocycles. The summed E-state index contributed by atoms with van der Waals surface area (Å²) < 4.78 is 0. The largest absolute Gasteiger partial charge is 0.356 e. The molecule has 0 aliphatic rings. The van der Waals surface area contributed by atoms with Crippen LogP contribution in [0.3, 0.4) is 0 Å². The summed E-state index contributed by atoms with van der Waals surface area (Å²) in [7, 11) is 23.6. The van der Waals surface area contributed by atoms with Crippen LogP contribution in [0.2, 0.25) is 0 Å². The molecule has 0 spiro atoms. The first-order valence-electron chi connectivity index (χ1n) is 44.1. The van der Waals surface area contributed by atoms with Crippen molar-refractivity contribution in [2.75, 3.05) is 215 Å². The van der Waals surface area contributed by atoms with E-state index < -0.39 is 0 Å². The molecule has 0 unspecified atom stereocenters. The van der Waals surface area contributed by atoms with Crippen LogP contribution in [0.4, 0.5) is 0 Å². The second kappa shape index (κ2) is 63.8. The number of nitrogens with one attached hydrogen (secondary N) is 6. The third-order valence-electron chi connectivity index (χ3n) is 20.5. The molecule has 0 aliphatic carbocycles. The summed E-state index contributed by atoms with van der Waals surface area (Å²) in [6.45, 7) is 11.5. The minimum Gasteiger partial charge on any atom is -0.356 e. The van der Waals surface area contributed by atoms with Crippen LogP contribution >= 0.6 is 0 Å². The van der Waals surface area contributed by atoms with Crippen molar-refractivity contribution in [2.45, 2.75) is 181 Å². The number of carbonyl (C=O) groups excluding carboxylic acids is 12. The maximum atomic E-state index is 14.4. The summed E-state index contributed by atoms with van der Waals surface area (Å²) in [5.74, 6) is -2.50. The van der Waals surface area contributed by atoms with Gasteiger partial charge < -0.3 is 102 Å². The molecule has 122 heavy (non-hydrogen) atoms. The van der Waals surface area contributed by atoms with E-state index in [0.29, 0.717) is 104 Å². The molecule has 0 aliphatic heterocycles. The van der Waals surface area contributed by atoms with Gasteiger partial charge in [-0.25, -0.2) is 0 Å². The molecule has 0 aromatic heterocycles. The smallest absolute Gasteiger partial charge is 0.223 e. The Bertz CT molecular complexity index is 3300. The number of hydrogen-bond donors (Lipinski definition) is 8. The molecule has 3 aromatic rings. The second-order valence-corrected chi connectivity index (χ2v) is 33.4. The predicted molar refractivity (Wildman–Crippen MR) is 481 cm³/mol. The van der Waals surface area contributed by atoms with E-state index in [4.69, 9.17) is 11.5 Å². The SMILES string of the molecule is CN(C)CCCNC(=O)CCC(=O)N(CCN)Cc1ccc(CN(CCCCN(Cc2ccc(CN(CCCCN(Cc3ccc(CN(CCN)C(=O)CCC(=O)NCCCN(C)C)cc3)C(=O)CCC(=O)NCCCN(C)C)C(=O)CCC(=O)NCCCN(C)C)cc2)C(=O)CCC(=O)NCCCN(C)C)C(=O)CCC(=O)NCCCN(C)C)cc1. The molecule has 0 saturated heterocycles. The average molecular weight is 1710 g/mol. The lowest BCUT2D eigenvalue weighted by molar-refractivity contribution is -0.135. The van der Waals surface area contributed by atoms with Gasteiger partial charge in [-0.2, -0.15) is 0 Å². The van der Waals surface area contributed by atoms with Crippen LogP contribution in [0.1, 0.15) is 175 Å². The molecule has 32 heteroatoms. The first-order valence-corrected chi connectivity index (χ1v) is 44.1. The third-order valence-corrected chi connectivity index (χ3v) is 20.5. The monoisotopic (exact) mass is 1710 g/mol. The first kappa shape index (κ1) is 107. The van der Waals surface area contributed by atoms with Gasteiger partial charge in [0.2, 0.25) is 70.9 Å². The average Bonchev–Trinajstić information content (AvgIpc) is 0.865. The van der Waals surface area contributed by atoms with E-state index in [1.807, 2.05) is 187 Å². The molecule has 10 N–H and O–H groups in total. The lowest BCUT2D eigenvalue weighted by atomic mass is 10.1. The van der Waals surface area contributed by atoms with Crippen molar-refractivity contribution in [2.24, 2.45) is 11.5 Å². The zero-order valence-corrected chi connectivity index (χ0v) is 76.3. The fourth-order valence-electron chi connectivity index (χ4n) is 13.4. The van der Waals surface area contributed by atoms with Gasteiger partial charge in [0.05, 0.1) is 0 Å². The van der Waals surface area contributed by atoms with Gasteiger partial charge in [0.25, 0.3) is 0 Å². The highest BCUT2D eigenvalue weighted by atomic mass is 16.2. The summed E-state index contributed by atoms with van der Waals surface area (Å²) in [5, 5.41) is 17.6. The zero-order valence-electron chi connectivity index (χ0n) is 76.3. The molecule has 0 fully saturated rings. The molecular weight excluding hydrogens is 1550 g/mol. The standard InChI is InChI=1S/C90H154N20O12/c1-99(2)55-17-49-93-79(111)35-41-85(117)105(61-13-15-63-107(87(119)43-37-81(113)95-51-19-57-101(5)6)69-75-27-31-77(32-28-75)71-109(65-47-91)89(121)45-39-83(115)97-53-21-59-103(9)10)67-73-23-25-74(26-24-73)68-106(86(118)42-36-80(112)94-50-18-56-100(3)4)62-14-16-64-108(88(120)44-38-82(114)96-52-20-58-102(7)8)70-76-29-33-78(34-30-76)72-110(66-48-92)90(122)46-40-84(116)98-54-22-60-104(11)12/h23-34H,13-22,35-72,91-92H2,1-12H3,(H,93,111)(H,94,112)(H,95,113)(H,96,114)(H,97,115)(H,98,116). The van der Waals surface area contributed by atoms with Gasteiger partial charge in [0.15, 0.2) is 0 Å². The Morgan fingerprint density at radius 3 is 0.475 bits per heavy atom. The minimum atomic E-state index is -0.230. The quantitative estimate of drug-likeness (QED) is 0.0374. The first-order chi connectivity index (χ1) is 58.3.